The number of hydrogen-bond acceptors (Lipinski definition) is 4. The first-order valence-corrected chi connectivity index (χ1v) is 7.40. The maximum absolute atomic E-state index is 12.2. The van der Waals surface area contributed by atoms with Gasteiger partial charge in [-0.1, -0.05) is 0 Å². The number of thiazole rings is 1. The lowest BCUT2D eigenvalue weighted by Crippen LogP contribution is -2.36. The number of nitrogens with zero attached hydrogens (tertiary/aromatic N) is 2. The monoisotopic (exact) mass is 268 g/mol. The van der Waals surface area contributed by atoms with Crippen molar-refractivity contribution in [3.05, 3.63) is 16.1 Å². The standard InChI is InChI=1S/C13H20N2O2S/c1-10-14-11(9-18-10)8-13(17)15-6-2-4-12(15)5-3-7-16/h9,12,16H,2-8H2,1H3. The third kappa shape index (κ3) is 3.29. The van der Waals surface area contributed by atoms with Gasteiger partial charge in [-0.2, -0.15) is 0 Å². The van der Waals surface area contributed by atoms with Crippen molar-refractivity contribution in [2.45, 2.75) is 45.1 Å². The SMILES string of the molecule is Cc1nc(CC(=O)N2CCCC2CCCO)cs1. The molecule has 1 N–H and O–H groups in total. The lowest BCUT2D eigenvalue weighted by molar-refractivity contribution is -0.131. The number of likely N-dealkylation sites (tertiary alicyclic amines) is 1. The van der Waals surface area contributed by atoms with Gasteiger partial charge < -0.3 is 10.0 Å². The first-order valence-electron chi connectivity index (χ1n) is 6.52. The molecule has 0 aliphatic carbocycles. The van der Waals surface area contributed by atoms with E-state index in [1.54, 1.807) is 11.3 Å². The van der Waals surface area contributed by atoms with E-state index in [1.165, 1.54) is 0 Å². The third-order valence-electron chi connectivity index (χ3n) is 3.39. The highest BCUT2D eigenvalue weighted by Crippen LogP contribution is 2.22. The Bertz CT molecular complexity index is 405. The molecule has 1 unspecified atom stereocenters. The number of aliphatic hydroxyl groups excluding tert-OH is 1. The van der Waals surface area contributed by atoms with Gasteiger partial charge in [-0.15, -0.1) is 11.3 Å². The molecule has 0 aromatic carbocycles. The van der Waals surface area contributed by atoms with E-state index < -0.39 is 0 Å². The van der Waals surface area contributed by atoms with Crippen LogP contribution < -0.4 is 0 Å². The highest BCUT2D eigenvalue weighted by molar-refractivity contribution is 7.09. The molecule has 0 saturated carbocycles. The molecule has 100 valence electrons. The van der Waals surface area contributed by atoms with Gasteiger partial charge in [0.25, 0.3) is 0 Å². The van der Waals surface area contributed by atoms with Crippen molar-refractivity contribution >= 4 is 17.2 Å². The highest BCUT2D eigenvalue weighted by atomic mass is 32.1. The molecule has 1 aliphatic heterocycles. The maximum atomic E-state index is 12.2. The summed E-state index contributed by atoms with van der Waals surface area (Å²) in [7, 11) is 0. The fraction of sp³-hybridized carbons (Fsp3) is 0.692. The Balaban J connectivity index is 1.91. The van der Waals surface area contributed by atoms with Gasteiger partial charge in [0.2, 0.25) is 5.91 Å². The summed E-state index contributed by atoms with van der Waals surface area (Å²) in [6, 6.07) is 0.324. The molecule has 5 heteroatoms. The second kappa shape index (κ2) is 6.29. The van der Waals surface area contributed by atoms with Crippen LogP contribution in [0.2, 0.25) is 0 Å². The first kappa shape index (κ1) is 13.5. The Morgan fingerprint density at radius 3 is 3.17 bits per heavy atom. The molecule has 0 bridgehead atoms. The Hall–Kier alpha value is -0.940. The molecule has 1 amide bonds. The van der Waals surface area contributed by atoms with Crippen LogP contribution in [0, 0.1) is 6.92 Å². The van der Waals surface area contributed by atoms with E-state index in [0.717, 1.165) is 42.9 Å². The van der Waals surface area contributed by atoms with Crippen LogP contribution in [0.3, 0.4) is 0 Å². The van der Waals surface area contributed by atoms with Crippen molar-refractivity contribution < 1.29 is 9.90 Å². The van der Waals surface area contributed by atoms with E-state index in [-0.39, 0.29) is 12.5 Å². The maximum Gasteiger partial charge on any atom is 0.228 e. The third-order valence-corrected chi connectivity index (χ3v) is 4.21. The summed E-state index contributed by atoms with van der Waals surface area (Å²) >= 11 is 1.59. The van der Waals surface area contributed by atoms with Crippen LogP contribution in [0.15, 0.2) is 5.38 Å². The Morgan fingerprint density at radius 1 is 1.67 bits per heavy atom. The minimum atomic E-state index is 0.181. The molecule has 0 radical (unpaired) electrons. The molecule has 1 aromatic rings. The summed E-state index contributed by atoms with van der Waals surface area (Å²) < 4.78 is 0. The molecule has 2 rings (SSSR count). The second-order valence-corrected chi connectivity index (χ2v) is 5.85. The largest absolute Gasteiger partial charge is 0.396 e. The lowest BCUT2D eigenvalue weighted by Gasteiger charge is -2.24. The quantitative estimate of drug-likeness (QED) is 0.885. The summed E-state index contributed by atoms with van der Waals surface area (Å²) in [6.07, 6.45) is 4.27. The van der Waals surface area contributed by atoms with Crippen LogP contribution >= 0.6 is 11.3 Å². The smallest absolute Gasteiger partial charge is 0.228 e. The minimum Gasteiger partial charge on any atom is -0.396 e. The van der Waals surface area contributed by atoms with E-state index in [2.05, 4.69) is 4.98 Å². The average Bonchev–Trinajstić information content (AvgIpc) is 2.95. The number of aryl methyl sites for hydroxylation is 1. The summed E-state index contributed by atoms with van der Waals surface area (Å²) in [4.78, 5) is 18.5. The molecule has 4 nitrogen and oxygen atoms in total. The van der Waals surface area contributed by atoms with E-state index in [9.17, 15) is 4.79 Å². The van der Waals surface area contributed by atoms with Crippen molar-refractivity contribution in [1.82, 2.24) is 9.88 Å². The van der Waals surface area contributed by atoms with E-state index in [1.807, 2.05) is 17.2 Å². The highest BCUT2D eigenvalue weighted by Gasteiger charge is 2.28. The van der Waals surface area contributed by atoms with Crippen molar-refractivity contribution in [3.63, 3.8) is 0 Å². The number of amides is 1. The molecule has 2 heterocycles. The van der Waals surface area contributed by atoms with Gasteiger partial charge in [-0.25, -0.2) is 4.98 Å². The summed E-state index contributed by atoms with van der Waals surface area (Å²) in [5.41, 5.74) is 0.885. The van der Waals surface area contributed by atoms with Gasteiger partial charge in [0.15, 0.2) is 0 Å². The normalized spacial score (nSPS) is 19.4. The minimum absolute atomic E-state index is 0.181. The number of carbonyl (C=O) groups excluding carboxylic acids is 1. The number of rotatable bonds is 5. The molecule has 1 aromatic heterocycles. The average molecular weight is 268 g/mol. The predicted octanol–water partition coefficient (Wildman–Crippen LogP) is 1.76. The molecular formula is C13H20N2O2S. The fourth-order valence-electron chi connectivity index (χ4n) is 2.54. The van der Waals surface area contributed by atoms with Crippen LogP contribution in [-0.2, 0) is 11.2 Å². The van der Waals surface area contributed by atoms with Crippen molar-refractivity contribution in [2.24, 2.45) is 0 Å². The van der Waals surface area contributed by atoms with Crippen molar-refractivity contribution in [3.8, 4) is 0 Å². The van der Waals surface area contributed by atoms with E-state index in [4.69, 9.17) is 5.11 Å². The van der Waals surface area contributed by atoms with Crippen LogP contribution in [-0.4, -0.2) is 40.1 Å². The molecule has 1 aliphatic rings. The predicted molar refractivity (Wildman–Crippen MR) is 71.6 cm³/mol. The van der Waals surface area contributed by atoms with Crippen LogP contribution in [0.4, 0.5) is 0 Å². The van der Waals surface area contributed by atoms with Crippen molar-refractivity contribution in [2.75, 3.05) is 13.2 Å². The zero-order chi connectivity index (χ0) is 13.0. The topological polar surface area (TPSA) is 53.4 Å². The zero-order valence-corrected chi connectivity index (χ0v) is 11.6. The zero-order valence-electron chi connectivity index (χ0n) is 10.8. The Morgan fingerprint density at radius 2 is 2.50 bits per heavy atom. The number of carbonyl (C=O) groups is 1. The Kier molecular flexibility index (Phi) is 4.72. The van der Waals surface area contributed by atoms with Gasteiger partial charge in [0.1, 0.15) is 0 Å². The number of hydrogen-bond donors (Lipinski definition) is 1. The summed E-state index contributed by atoms with van der Waals surface area (Å²) in [5, 5.41) is 11.9. The van der Waals surface area contributed by atoms with Gasteiger partial charge in [0.05, 0.1) is 17.1 Å². The van der Waals surface area contributed by atoms with Gasteiger partial charge in [-0.3, -0.25) is 4.79 Å². The fourth-order valence-corrected chi connectivity index (χ4v) is 3.15. The van der Waals surface area contributed by atoms with E-state index >= 15 is 0 Å². The molecule has 1 atom stereocenters. The molecule has 1 saturated heterocycles. The Labute approximate surface area is 112 Å². The van der Waals surface area contributed by atoms with E-state index in [0.29, 0.717) is 12.5 Å². The molecule has 18 heavy (non-hydrogen) atoms. The number of aromatic nitrogens is 1. The van der Waals surface area contributed by atoms with Gasteiger partial charge in [0, 0.05) is 24.6 Å². The number of aliphatic hydroxyl groups is 1. The van der Waals surface area contributed by atoms with Crippen molar-refractivity contribution in [1.29, 1.82) is 0 Å². The second-order valence-electron chi connectivity index (χ2n) is 4.78. The van der Waals surface area contributed by atoms with Gasteiger partial charge >= 0.3 is 0 Å². The molecule has 0 spiro atoms. The van der Waals surface area contributed by atoms with Crippen LogP contribution in [0.1, 0.15) is 36.4 Å². The summed E-state index contributed by atoms with van der Waals surface area (Å²) in [5.74, 6) is 0.181. The summed E-state index contributed by atoms with van der Waals surface area (Å²) in [6.45, 7) is 3.03. The first-order chi connectivity index (χ1) is 8.70. The molecular weight excluding hydrogens is 248 g/mol. The van der Waals surface area contributed by atoms with Gasteiger partial charge in [-0.05, 0) is 32.6 Å². The van der Waals surface area contributed by atoms with Crippen LogP contribution in [0.5, 0.6) is 0 Å². The molecule has 1 fully saturated rings. The lowest BCUT2D eigenvalue weighted by atomic mass is 10.1. The van der Waals surface area contributed by atoms with Crippen LogP contribution in [0.25, 0.3) is 0 Å².